The lowest BCUT2D eigenvalue weighted by Crippen LogP contribution is -2.08. The maximum absolute atomic E-state index is 8.97. The standard InChI is InChI=1S/C16H23BrN2O2/c1-16(2,11-19)6-4-5-7-21-15-13(17)8-12(10-18)9-14(15)20-3/h8-9H,4-7,10,18H2,1-3H3. The number of methoxy groups -OCH3 is 1. The Balaban J connectivity index is 2.54. The lowest BCUT2D eigenvalue weighted by Gasteiger charge is -2.16. The third-order valence-corrected chi connectivity index (χ3v) is 3.86. The predicted octanol–water partition coefficient (Wildman–Crippen LogP) is 4.02. The predicted molar refractivity (Wildman–Crippen MR) is 87.3 cm³/mol. The summed E-state index contributed by atoms with van der Waals surface area (Å²) in [6.45, 7) is 4.97. The molecule has 1 aromatic rings. The van der Waals surface area contributed by atoms with Crippen molar-refractivity contribution in [1.82, 2.24) is 0 Å². The van der Waals surface area contributed by atoms with Crippen LogP contribution >= 0.6 is 15.9 Å². The molecule has 2 N–H and O–H groups in total. The molecule has 21 heavy (non-hydrogen) atoms. The van der Waals surface area contributed by atoms with Gasteiger partial charge in [-0.25, -0.2) is 0 Å². The molecule has 0 aliphatic rings. The number of nitrogens with zero attached hydrogens (tertiary/aromatic N) is 1. The van der Waals surface area contributed by atoms with Crippen LogP contribution in [-0.2, 0) is 6.54 Å². The average Bonchev–Trinajstić information content (AvgIpc) is 2.47. The molecule has 0 aromatic heterocycles. The highest BCUT2D eigenvalue weighted by atomic mass is 79.9. The zero-order chi connectivity index (χ0) is 15.9. The Morgan fingerprint density at radius 3 is 2.62 bits per heavy atom. The Hall–Kier alpha value is -1.25. The molecular weight excluding hydrogens is 332 g/mol. The summed E-state index contributed by atoms with van der Waals surface area (Å²) in [6, 6.07) is 6.14. The van der Waals surface area contributed by atoms with Gasteiger partial charge in [0, 0.05) is 6.54 Å². The number of halogens is 1. The Labute approximate surface area is 135 Å². The van der Waals surface area contributed by atoms with Gasteiger partial charge in [0.1, 0.15) is 0 Å². The van der Waals surface area contributed by atoms with Crippen molar-refractivity contribution in [3.05, 3.63) is 22.2 Å². The average molecular weight is 355 g/mol. The monoisotopic (exact) mass is 354 g/mol. The number of nitrogens with two attached hydrogens (primary N) is 1. The summed E-state index contributed by atoms with van der Waals surface area (Å²) in [5.41, 5.74) is 6.37. The zero-order valence-corrected chi connectivity index (χ0v) is 14.5. The van der Waals surface area contributed by atoms with Gasteiger partial charge in [-0.1, -0.05) is 0 Å². The number of benzene rings is 1. The lowest BCUT2D eigenvalue weighted by molar-refractivity contribution is 0.276. The van der Waals surface area contributed by atoms with Crippen LogP contribution in [-0.4, -0.2) is 13.7 Å². The summed E-state index contributed by atoms with van der Waals surface area (Å²) in [6.07, 6.45) is 2.73. The maximum atomic E-state index is 8.97. The number of rotatable bonds is 8. The van der Waals surface area contributed by atoms with Gasteiger partial charge in [-0.15, -0.1) is 0 Å². The lowest BCUT2D eigenvalue weighted by atomic mass is 9.89. The Kier molecular flexibility index (Phi) is 7.00. The van der Waals surface area contributed by atoms with E-state index in [1.807, 2.05) is 26.0 Å². The van der Waals surface area contributed by atoms with Crippen LogP contribution in [0, 0.1) is 16.7 Å². The number of ether oxygens (including phenoxy) is 2. The largest absolute Gasteiger partial charge is 0.493 e. The molecule has 0 fully saturated rings. The van der Waals surface area contributed by atoms with Gasteiger partial charge in [0.25, 0.3) is 0 Å². The molecule has 4 nitrogen and oxygen atoms in total. The minimum absolute atomic E-state index is 0.263. The third kappa shape index (κ3) is 5.56. The number of hydrogen-bond donors (Lipinski definition) is 1. The summed E-state index contributed by atoms with van der Waals surface area (Å²) in [4.78, 5) is 0. The topological polar surface area (TPSA) is 68.3 Å². The van der Waals surface area contributed by atoms with Crippen molar-refractivity contribution in [1.29, 1.82) is 5.26 Å². The fourth-order valence-electron chi connectivity index (χ4n) is 1.93. The van der Waals surface area contributed by atoms with Gasteiger partial charge in [-0.2, -0.15) is 5.26 Å². The van der Waals surface area contributed by atoms with Crippen molar-refractivity contribution >= 4 is 15.9 Å². The van der Waals surface area contributed by atoms with Crippen molar-refractivity contribution in [2.45, 2.75) is 39.7 Å². The first-order chi connectivity index (χ1) is 9.93. The van der Waals surface area contributed by atoms with Gasteiger partial charge in [0.05, 0.1) is 29.7 Å². The van der Waals surface area contributed by atoms with Gasteiger partial charge in [0.2, 0.25) is 0 Å². The molecule has 0 unspecified atom stereocenters. The maximum Gasteiger partial charge on any atom is 0.175 e. The zero-order valence-electron chi connectivity index (χ0n) is 12.9. The molecule has 5 heteroatoms. The van der Waals surface area contributed by atoms with E-state index in [2.05, 4.69) is 22.0 Å². The Morgan fingerprint density at radius 1 is 1.33 bits per heavy atom. The molecule has 0 aliphatic heterocycles. The SMILES string of the molecule is COc1cc(CN)cc(Br)c1OCCCCC(C)(C)C#N. The van der Waals surface area contributed by atoms with Gasteiger partial charge >= 0.3 is 0 Å². The van der Waals surface area contributed by atoms with E-state index in [4.69, 9.17) is 20.5 Å². The van der Waals surface area contributed by atoms with Crippen LogP contribution in [0.4, 0.5) is 0 Å². The fourth-order valence-corrected chi connectivity index (χ4v) is 2.53. The second kappa shape index (κ2) is 8.26. The molecule has 0 bridgehead atoms. The summed E-state index contributed by atoms with van der Waals surface area (Å²) in [5.74, 6) is 1.39. The van der Waals surface area contributed by atoms with E-state index in [0.717, 1.165) is 29.3 Å². The summed E-state index contributed by atoms with van der Waals surface area (Å²) < 4.78 is 12.0. The van der Waals surface area contributed by atoms with Crippen molar-refractivity contribution in [2.75, 3.05) is 13.7 Å². The highest BCUT2D eigenvalue weighted by molar-refractivity contribution is 9.10. The van der Waals surface area contributed by atoms with Gasteiger partial charge < -0.3 is 15.2 Å². The number of unbranched alkanes of at least 4 members (excludes halogenated alkanes) is 1. The van der Waals surface area contributed by atoms with E-state index in [1.165, 1.54) is 0 Å². The van der Waals surface area contributed by atoms with Gasteiger partial charge in [0.15, 0.2) is 11.5 Å². The Morgan fingerprint density at radius 2 is 2.05 bits per heavy atom. The molecule has 0 atom stereocenters. The van der Waals surface area contributed by atoms with E-state index in [0.29, 0.717) is 24.7 Å². The summed E-state index contributed by atoms with van der Waals surface area (Å²) >= 11 is 3.49. The Bertz CT molecular complexity index is 510. The van der Waals surface area contributed by atoms with E-state index in [-0.39, 0.29) is 5.41 Å². The van der Waals surface area contributed by atoms with E-state index >= 15 is 0 Å². The van der Waals surface area contributed by atoms with Crippen LogP contribution in [0.2, 0.25) is 0 Å². The van der Waals surface area contributed by atoms with Crippen LogP contribution in [0.5, 0.6) is 11.5 Å². The fraction of sp³-hybridized carbons (Fsp3) is 0.562. The highest BCUT2D eigenvalue weighted by Crippen LogP contribution is 2.36. The first-order valence-corrected chi connectivity index (χ1v) is 7.83. The molecule has 0 aliphatic carbocycles. The smallest absolute Gasteiger partial charge is 0.175 e. The third-order valence-electron chi connectivity index (χ3n) is 3.27. The van der Waals surface area contributed by atoms with Crippen molar-refractivity contribution in [3.63, 3.8) is 0 Å². The van der Waals surface area contributed by atoms with Crippen molar-refractivity contribution in [3.8, 4) is 17.6 Å². The molecule has 0 spiro atoms. The number of nitriles is 1. The summed E-state index contributed by atoms with van der Waals surface area (Å²) in [7, 11) is 1.62. The van der Waals surface area contributed by atoms with Crippen LogP contribution < -0.4 is 15.2 Å². The quantitative estimate of drug-likeness (QED) is 0.716. The van der Waals surface area contributed by atoms with E-state index in [9.17, 15) is 0 Å². The molecule has 116 valence electrons. The van der Waals surface area contributed by atoms with E-state index < -0.39 is 0 Å². The van der Waals surface area contributed by atoms with Crippen LogP contribution in [0.15, 0.2) is 16.6 Å². The second-order valence-corrected chi connectivity index (χ2v) is 6.47. The molecule has 0 saturated carbocycles. The highest BCUT2D eigenvalue weighted by Gasteiger charge is 2.16. The first-order valence-electron chi connectivity index (χ1n) is 7.04. The molecule has 0 radical (unpaired) electrons. The van der Waals surface area contributed by atoms with Gasteiger partial charge in [-0.3, -0.25) is 0 Å². The molecular formula is C16H23BrN2O2. The van der Waals surface area contributed by atoms with Crippen molar-refractivity contribution in [2.24, 2.45) is 11.1 Å². The summed E-state index contributed by atoms with van der Waals surface area (Å²) in [5, 5.41) is 8.97. The van der Waals surface area contributed by atoms with Gasteiger partial charge in [-0.05, 0) is 66.7 Å². The number of hydrogen-bond acceptors (Lipinski definition) is 4. The molecule has 1 rings (SSSR count). The van der Waals surface area contributed by atoms with Crippen LogP contribution in [0.3, 0.4) is 0 Å². The minimum Gasteiger partial charge on any atom is -0.493 e. The van der Waals surface area contributed by atoms with Crippen LogP contribution in [0.25, 0.3) is 0 Å². The molecule has 1 aromatic carbocycles. The van der Waals surface area contributed by atoms with Crippen molar-refractivity contribution < 1.29 is 9.47 Å². The minimum atomic E-state index is -0.263. The first kappa shape index (κ1) is 17.8. The normalized spacial score (nSPS) is 11.0. The second-order valence-electron chi connectivity index (χ2n) is 5.61. The molecule has 0 heterocycles. The van der Waals surface area contributed by atoms with E-state index in [1.54, 1.807) is 7.11 Å². The molecule has 0 amide bonds. The molecule has 0 saturated heterocycles. The van der Waals surface area contributed by atoms with Crippen LogP contribution in [0.1, 0.15) is 38.7 Å².